The van der Waals surface area contributed by atoms with E-state index in [1.54, 1.807) is 6.92 Å². The molecule has 0 aromatic heterocycles. The lowest BCUT2D eigenvalue weighted by Crippen LogP contribution is -2.29. The summed E-state index contributed by atoms with van der Waals surface area (Å²) in [6.07, 6.45) is 42.6. The highest BCUT2D eigenvalue weighted by Gasteiger charge is 2.25. The molecular formula is C40H67O8P. The van der Waals surface area contributed by atoms with Crippen LogP contribution in [0.1, 0.15) is 143 Å². The number of carbonyl (C=O) groups is 2. The van der Waals surface area contributed by atoms with Crippen LogP contribution in [-0.4, -0.2) is 42.8 Å². The Labute approximate surface area is 298 Å². The van der Waals surface area contributed by atoms with E-state index >= 15 is 0 Å². The van der Waals surface area contributed by atoms with Crippen LogP contribution in [0.3, 0.4) is 0 Å². The largest absolute Gasteiger partial charge is 0.472 e. The van der Waals surface area contributed by atoms with Crippen molar-refractivity contribution in [2.45, 2.75) is 149 Å². The lowest BCUT2D eigenvalue weighted by Gasteiger charge is -2.19. The second kappa shape index (κ2) is 35.3. The minimum Gasteiger partial charge on any atom is -0.462 e. The van der Waals surface area contributed by atoms with E-state index in [2.05, 4.69) is 74.6 Å². The highest BCUT2D eigenvalue weighted by atomic mass is 31.2. The molecular weight excluding hydrogens is 639 g/mol. The van der Waals surface area contributed by atoms with Crippen LogP contribution < -0.4 is 0 Å². The smallest absolute Gasteiger partial charge is 0.462 e. The summed E-state index contributed by atoms with van der Waals surface area (Å²) in [5, 5.41) is 0. The number of phosphoric acid groups is 1. The summed E-state index contributed by atoms with van der Waals surface area (Å²) in [4.78, 5) is 34.5. The van der Waals surface area contributed by atoms with Crippen molar-refractivity contribution < 1.29 is 37.6 Å². The highest BCUT2D eigenvalue weighted by molar-refractivity contribution is 7.47. The fourth-order valence-electron chi connectivity index (χ4n) is 4.55. The molecule has 280 valence electrons. The van der Waals surface area contributed by atoms with Crippen molar-refractivity contribution in [3.63, 3.8) is 0 Å². The summed E-state index contributed by atoms with van der Waals surface area (Å²) in [7, 11) is -4.30. The molecule has 0 heterocycles. The van der Waals surface area contributed by atoms with Gasteiger partial charge in [-0.05, 0) is 77.6 Å². The van der Waals surface area contributed by atoms with Gasteiger partial charge in [-0.2, -0.15) is 0 Å². The van der Waals surface area contributed by atoms with E-state index < -0.39 is 32.5 Å². The molecule has 0 aliphatic rings. The third kappa shape index (κ3) is 35.1. The molecule has 0 bridgehead atoms. The molecule has 0 aromatic rings. The van der Waals surface area contributed by atoms with Crippen molar-refractivity contribution in [2.24, 2.45) is 0 Å². The Morgan fingerprint density at radius 1 is 0.571 bits per heavy atom. The van der Waals surface area contributed by atoms with Crippen molar-refractivity contribution in [1.82, 2.24) is 0 Å². The second-order valence-corrected chi connectivity index (χ2v) is 13.3. The molecule has 9 heteroatoms. The second-order valence-electron chi connectivity index (χ2n) is 11.9. The number of hydrogen-bond donors (Lipinski definition) is 1. The summed E-state index contributed by atoms with van der Waals surface area (Å²) in [6, 6.07) is 0. The summed E-state index contributed by atoms with van der Waals surface area (Å²) >= 11 is 0. The number of hydrogen-bond acceptors (Lipinski definition) is 7. The van der Waals surface area contributed by atoms with Crippen LogP contribution in [0.25, 0.3) is 0 Å². The molecule has 49 heavy (non-hydrogen) atoms. The van der Waals surface area contributed by atoms with Crippen molar-refractivity contribution >= 4 is 19.8 Å². The van der Waals surface area contributed by atoms with E-state index in [0.29, 0.717) is 12.8 Å². The van der Waals surface area contributed by atoms with Crippen molar-refractivity contribution in [2.75, 3.05) is 19.8 Å². The van der Waals surface area contributed by atoms with Gasteiger partial charge in [0.1, 0.15) is 6.61 Å². The van der Waals surface area contributed by atoms with Gasteiger partial charge in [-0.3, -0.25) is 18.6 Å². The molecule has 1 N–H and O–H groups in total. The van der Waals surface area contributed by atoms with Gasteiger partial charge in [0.05, 0.1) is 13.2 Å². The van der Waals surface area contributed by atoms with Gasteiger partial charge in [-0.1, -0.05) is 125 Å². The predicted molar refractivity (Wildman–Crippen MR) is 202 cm³/mol. The van der Waals surface area contributed by atoms with Crippen LogP contribution in [0.15, 0.2) is 72.9 Å². The van der Waals surface area contributed by atoms with Gasteiger partial charge in [0.25, 0.3) is 0 Å². The highest BCUT2D eigenvalue weighted by Crippen LogP contribution is 2.43. The fourth-order valence-corrected chi connectivity index (χ4v) is 5.31. The molecule has 0 spiro atoms. The average molecular weight is 707 g/mol. The van der Waals surface area contributed by atoms with Crippen LogP contribution in [0.4, 0.5) is 0 Å². The minimum absolute atomic E-state index is 0.0182. The summed E-state index contributed by atoms with van der Waals surface area (Å²) in [6.45, 7) is 5.20. The molecule has 0 radical (unpaired) electrons. The molecule has 0 amide bonds. The van der Waals surface area contributed by atoms with Gasteiger partial charge < -0.3 is 14.4 Å². The average Bonchev–Trinajstić information content (AvgIpc) is 3.07. The molecule has 0 saturated carbocycles. The third-order valence-electron chi connectivity index (χ3n) is 7.26. The number of phosphoric ester groups is 1. The lowest BCUT2D eigenvalue weighted by atomic mass is 10.1. The Kier molecular flexibility index (Phi) is 33.5. The van der Waals surface area contributed by atoms with E-state index in [0.717, 1.165) is 64.2 Å². The molecule has 0 aliphatic carbocycles. The van der Waals surface area contributed by atoms with Gasteiger partial charge in [-0.15, -0.1) is 0 Å². The molecule has 0 aliphatic heterocycles. The standard InChI is InChI=1S/C40H67O8P/c1-4-7-9-11-13-15-17-19-20-21-23-24-26-28-30-32-34-39(41)45-36-38(37-47-49(43,44)46-6-3)48-40(42)35-33-31-29-27-25-22-18-16-14-12-10-8-5-2/h8,10,14-17,20-22,25,29,31,38H,4-7,9,11-13,18-19,23-24,26-28,30,32-37H2,1-3H3,(H,43,44)/b10-8-,16-14-,17-15-,21-20-,25-22-,31-29-. The minimum atomic E-state index is -4.30. The molecule has 2 unspecified atom stereocenters. The first-order valence-electron chi connectivity index (χ1n) is 18.7. The van der Waals surface area contributed by atoms with Crippen LogP contribution in [-0.2, 0) is 32.7 Å². The maximum atomic E-state index is 12.4. The number of allylic oxidation sites excluding steroid dienone is 12. The zero-order chi connectivity index (χ0) is 36.1. The number of ether oxygens (including phenoxy) is 2. The van der Waals surface area contributed by atoms with Gasteiger partial charge in [0.15, 0.2) is 6.10 Å². The monoisotopic (exact) mass is 706 g/mol. The Hall–Kier alpha value is -2.51. The summed E-state index contributed by atoms with van der Waals surface area (Å²) < 4.78 is 32.4. The normalized spacial score (nSPS) is 14.3. The van der Waals surface area contributed by atoms with Crippen molar-refractivity contribution in [1.29, 1.82) is 0 Å². The number of carbonyl (C=O) groups excluding carboxylic acids is 2. The molecule has 0 aromatic carbocycles. The van der Waals surface area contributed by atoms with E-state index in [1.807, 2.05) is 12.2 Å². The van der Waals surface area contributed by atoms with E-state index in [9.17, 15) is 19.0 Å². The maximum Gasteiger partial charge on any atom is 0.472 e. The zero-order valence-electron chi connectivity index (χ0n) is 30.8. The fraction of sp³-hybridized carbons (Fsp3) is 0.650. The lowest BCUT2D eigenvalue weighted by molar-refractivity contribution is -0.161. The number of rotatable bonds is 33. The maximum absolute atomic E-state index is 12.4. The summed E-state index contributed by atoms with van der Waals surface area (Å²) in [5.41, 5.74) is 0. The Balaban J connectivity index is 4.29. The van der Waals surface area contributed by atoms with E-state index in [1.165, 1.54) is 32.1 Å². The number of unbranched alkanes of at least 4 members (excludes halogenated alkanes) is 9. The Morgan fingerprint density at radius 3 is 1.65 bits per heavy atom. The topological polar surface area (TPSA) is 108 Å². The van der Waals surface area contributed by atoms with Crippen LogP contribution in [0, 0.1) is 0 Å². The van der Waals surface area contributed by atoms with Gasteiger partial charge in [0.2, 0.25) is 0 Å². The van der Waals surface area contributed by atoms with Gasteiger partial charge >= 0.3 is 19.8 Å². The number of esters is 2. The Morgan fingerprint density at radius 2 is 1.08 bits per heavy atom. The molecule has 0 rings (SSSR count). The predicted octanol–water partition coefficient (Wildman–Crippen LogP) is 11.4. The molecule has 0 fully saturated rings. The van der Waals surface area contributed by atoms with Crippen LogP contribution in [0.2, 0.25) is 0 Å². The van der Waals surface area contributed by atoms with Crippen LogP contribution in [0.5, 0.6) is 0 Å². The first-order chi connectivity index (χ1) is 23.8. The first-order valence-corrected chi connectivity index (χ1v) is 20.2. The van der Waals surface area contributed by atoms with E-state index in [-0.39, 0.29) is 26.1 Å². The molecule has 2 atom stereocenters. The summed E-state index contributed by atoms with van der Waals surface area (Å²) in [5.74, 6) is -0.917. The Bertz CT molecular complexity index is 1030. The third-order valence-corrected chi connectivity index (χ3v) is 8.32. The zero-order valence-corrected chi connectivity index (χ0v) is 31.7. The van der Waals surface area contributed by atoms with Crippen molar-refractivity contribution in [3.05, 3.63) is 72.9 Å². The molecule has 0 saturated heterocycles. The van der Waals surface area contributed by atoms with Gasteiger partial charge in [0, 0.05) is 12.8 Å². The molecule has 8 nitrogen and oxygen atoms in total. The first kappa shape index (κ1) is 46.5. The SMILES string of the molecule is CC/C=C\C/C=C\C/C=C\C/C=C\CCC(=O)OC(COC(=O)CCCCCCC/C=C\C/C=C\CCCCCC)COP(=O)(O)OCC. The quantitative estimate of drug-likeness (QED) is 0.0311. The van der Waals surface area contributed by atoms with Crippen molar-refractivity contribution in [3.8, 4) is 0 Å². The van der Waals surface area contributed by atoms with Gasteiger partial charge in [-0.25, -0.2) is 4.57 Å². The van der Waals surface area contributed by atoms with E-state index in [4.69, 9.17) is 18.5 Å². The van der Waals surface area contributed by atoms with Crippen LogP contribution >= 0.6 is 7.82 Å².